The molecule has 2 aromatic rings. The second kappa shape index (κ2) is 7.32. The van der Waals surface area contributed by atoms with E-state index in [1.165, 1.54) is 25.7 Å². The molecule has 5 rings (SSSR count). The minimum atomic E-state index is -0.236. The first-order valence-corrected chi connectivity index (χ1v) is 10.8. The fraction of sp³-hybridized carbons (Fsp3) is 0.591. The molecule has 1 saturated heterocycles. The zero-order valence-electron chi connectivity index (χ0n) is 16.4. The highest BCUT2D eigenvalue weighted by molar-refractivity contribution is 5.96. The van der Waals surface area contributed by atoms with E-state index in [0.29, 0.717) is 5.92 Å². The summed E-state index contributed by atoms with van der Waals surface area (Å²) in [5.74, 6) is 2.66. The van der Waals surface area contributed by atoms with Crippen molar-refractivity contribution in [3.8, 4) is 11.4 Å². The Morgan fingerprint density at radius 3 is 3.11 bits per heavy atom. The van der Waals surface area contributed by atoms with Gasteiger partial charge in [-0.1, -0.05) is 31.4 Å². The van der Waals surface area contributed by atoms with Gasteiger partial charge in [-0.3, -0.25) is 4.79 Å². The predicted molar refractivity (Wildman–Crippen MR) is 109 cm³/mol. The molecule has 0 bridgehead atoms. The van der Waals surface area contributed by atoms with Crippen molar-refractivity contribution in [2.75, 3.05) is 18.4 Å². The van der Waals surface area contributed by atoms with Gasteiger partial charge in [0.2, 0.25) is 5.91 Å². The van der Waals surface area contributed by atoms with Crippen LogP contribution in [-0.4, -0.2) is 33.8 Å². The second-order valence-electron chi connectivity index (χ2n) is 8.67. The molecular weight excluding hydrogens is 350 g/mol. The Morgan fingerprint density at radius 1 is 1.18 bits per heavy atom. The average molecular weight is 380 g/mol. The number of nitrogens with zero attached hydrogens (tertiary/aromatic N) is 3. The predicted octanol–water partition coefficient (Wildman–Crippen LogP) is 3.39. The summed E-state index contributed by atoms with van der Waals surface area (Å²) in [5, 5.41) is 15.6. The summed E-state index contributed by atoms with van der Waals surface area (Å²) in [6, 6.07) is 8.11. The monoisotopic (exact) mass is 379 g/mol. The standard InChI is InChI=1S/C22H29N5O/c28-21(22-11-4-3-8-17(22)14-23-15-22)24-18-9-6-7-16(13-18)20-26-25-19-10-2-1-5-12-27(19)20/h6-7,9,13,17,23H,1-5,8,10-12,14-15H2,(H,24,28)/t17-,22+/m0/s1. The summed E-state index contributed by atoms with van der Waals surface area (Å²) in [7, 11) is 0. The number of aromatic nitrogens is 3. The molecular formula is C22H29N5O. The number of nitrogens with one attached hydrogen (secondary N) is 2. The van der Waals surface area contributed by atoms with Crippen LogP contribution in [0, 0.1) is 11.3 Å². The summed E-state index contributed by atoms with van der Waals surface area (Å²) >= 11 is 0. The van der Waals surface area contributed by atoms with E-state index >= 15 is 0 Å². The number of benzene rings is 1. The van der Waals surface area contributed by atoms with E-state index in [-0.39, 0.29) is 11.3 Å². The molecule has 2 fully saturated rings. The number of rotatable bonds is 3. The first kappa shape index (κ1) is 17.9. The molecule has 1 amide bonds. The maximum Gasteiger partial charge on any atom is 0.232 e. The molecule has 6 heteroatoms. The third-order valence-electron chi connectivity index (χ3n) is 6.98. The third kappa shape index (κ3) is 3.04. The normalized spacial score (nSPS) is 26.9. The molecule has 3 aliphatic rings. The lowest BCUT2D eigenvalue weighted by atomic mass is 9.67. The van der Waals surface area contributed by atoms with Crippen LogP contribution >= 0.6 is 0 Å². The van der Waals surface area contributed by atoms with Crippen LogP contribution in [0.5, 0.6) is 0 Å². The number of carbonyl (C=O) groups excluding carboxylic acids is 1. The van der Waals surface area contributed by atoms with Crippen molar-refractivity contribution in [2.24, 2.45) is 11.3 Å². The van der Waals surface area contributed by atoms with Crippen LogP contribution in [0.4, 0.5) is 5.69 Å². The summed E-state index contributed by atoms with van der Waals surface area (Å²) < 4.78 is 2.25. The van der Waals surface area contributed by atoms with Crippen molar-refractivity contribution in [2.45, 2.75) is 57.9 Å². The molecule has 148 valence electrons. The van der Waals surface area contributed by atoms with Crippen molar-refractivity contribution in [1.82, 2.24) is 20.1 Å². The Balaban J connectivity index is 1.39. The third-order valence-corrected chi connectivity index (χ3v) is 6.98. The fourth-order valence-electron chi connectivity index (χ4n) is 5.38. The van der Waals surface area contributed by atoms with Gasteiger partial charge in [-0.2, -0.15) is 0 Å². The minimum absolute atomic E-state index is 0.180. The lowest BCUT2D eigenvalue weighted by molar-refractivity contribution is -0.128. The Bertz CT molecular complexity index is 876. The summed E-state index contributed by atoms with van der Waals surface area (Å²) in [6.45, 7) is 2.75. The first-order chi connectivity index (χ1) is 13.8. The quantitative estimate of drug-likeness (QED) is 0.857. The molecule has 0 radical (unpaired) electrons. The Morgan fingerprint density at radius 2 is 2.14 bits per heavy atom. The number of anilines is 1. The largest absolute Gasteiger partial charge is 0.326 e. The molecule has 6 nitrogen and oxygen atoms in total. The van der Waals surface area contributed by atoms with E-state index < -0.39 is 0 Å². The highest BCUT2D eigenvalue weighted by atomic mass is 16.2. The number of carbonyl (C=O) groups is 1. The smallest absolute Gasteiger partial charge is 0.232 e. The molecule has 1 saturated carbocycles. The number of hydrogen-bond donors (Lipinski definition) is 2. The Labute approximate surface area is 166 Å². The number of aryl methyl sites for hydroxylation is 1. The van der Waals surface area contributed by atoms with Crippen LogP contribution in [0.2, 0.25) is 0 Å². The van der Waals surface area contributed by atoms with E-state index in [1.807, 2.05) is 12.1 Å². The van der Waals surface area contributed by atoms with Gasteiger partial charge in [0.15, 0.2) is 5.82 Å². The molecule has 1 aliphatic carbocycles. The summed E-state index contributed by atoms with van der Waals surface area (Å²) in [4.78, 5) is 13.3. The molecule has 1 aromatic carbocycles. The van der Waals surface area contributed by atoms with Crippen LogP contribution in [0.3, 0.4) is 0 Å². The second-order valence-corrected chi connectivity index (χ2v) is 8.67. The average Bonchev–Trinajstić information content (AvgIpc) is 3.27. The van der Waals surface area contributed by atoms with Crippen LogP contribution < -0.4 is 10.6 Å². The van der Waals surface area contributed by atoms with Crippen molar-refractivity contribution in [1.29, 1.82) is 0 Å². The van der Waals surface area contributed by atoms with Crippen LogP contribution in [0.25, 0.3) is 11.4 Å². The molecule has 2 aliphatic heterocycles. The van der Waals surface area contributed by atoms with Crippen molar-refractivity contribution < 1.29 is 4.79 Å². The fourth-order valence-corrected chi connectivity index (χ4v) is 5.38. The Hall–Kier alpha value is -2.21. The molecule has 0 unspecified atom stereocenters. The lowest BCUT2D eigenvalue weighted by Gasteiger charge is -2.37. The zero-order chi connectivity index (χ0) is 19.0. The first-order valence-electron chi connectivity index (χ1n) is 10.8. The number of amides is 1. The van der Waals surface area contributed by atoms with Gasteiger partial charge < -0.3 is 15.2 Å². The van der Waals surface area contributed by atoms with Gasteiger partial charge in [0.1, 0.15) is 5.82 Å². The molecule has 28 heavy (non-hydrogen) atoms. The minimum Gasteiger partial charge on any atom is -0.326 e. The highest BCUT2D eigenvalue weighted by Gasteiger charge is 2.49. The van der Waals surface area contributed by atoms with Crippen molar-refractivity contribution in [3.05, 3.63) is 30.1 Å². The maximum atomic E-state index is 13.3. The zero-order valence-corrected chi connectivity index (χ0v) is 16.4. The SMILES string of the molecule is O=C(Nc1cccc(-c2nnc3n2CCCCC3)c1)[C@@]12CCCC[C@H]1CNC2. The molecule has 1 aromatic heterocycles. The van der Waals surface area contributed by atoms with Crippen LogP contribution in [-0.2, 0) is 17.8 Å². The van der Waals surface area contributed by atoms with Gasteiger partial charge >= 0.3 is 0 Å². The summed E-state index contributed by atoms with van der Waals surface area (Å²) in [5.41, 5.74) is 1.65. The van der Waals surface area contributed by atoms with Crippen molar-refractivity contribution >= 4 is 11.6 Å². The van der Waals surface area contributed by atoms with E-state index in [4.69, 9.17) is 0 Å². The van der Waals surface area contributed by atoms with Gasteiger partial charge in [-0.15, -0.1) is 10.2 Å². The van der Waals surface area contributed by atoms with E-state index in [9.17, 15) is 4.79 Å². The van der Waals surface area contributed by atoms with E-state index in [0.717, 1.165) is 68.2 Å². The van der Waals surface area contributed by atoms with E-state index in [1.54, 1.807) is 0 Å². The topological polar surface area (TPSA) is 71.8 Å². The highest BCUT2D eigenvalue weighted by Crippen LogP contribution is 2.44. The van der Waals surface area contributed by atoms with Gasteiger partial charge in [0, 0.05) is 30.8 Å². The van der Waals surface area contributed by atoms with Crippen LogP contribution in [0.15, 0.2) is 24.3 Å². The molecule has 0 spiro atoms. The molecule has 2 atom stereocenters. The van der Waals surface area contributed by atoms with Gasteiger partial charge in [0.25, 0.3) is 0 Å². The lowest BCUT2D eigenvalue weighted by Crippen LogP contribution is -2.44. The van der Waals surface area contributed by atoms with Gasteiger partial charge in [-0.25, -0.2) is 0 Å². The number of hydrogen-bond acceptors (Lipinski definition) is 4. The molecule has 3 heterocycles. The van der Waals surface area contributed by atoms with Gasteiger partial charge in [-0.05, 0) is 50.3 Å². The van der Waals surface area contributed by atoms with E-state index in [2.05, 4.69) is 37.5 Å². The molecule has 2 N–H and O–H groups in total. The van der Waals surface area contributed by atoms with Gasteiger partial charge in [0.05, 0.1) is 5.41 Å². The number of fused-ring (bicyclic) bond motifs is 2. The van der Waals surface area contributed by atoms with Crippen molar-refractivity contribution in [3.63, 3.8) is 0 Å². The van der Waals surface area contributed by atoms with Crippen LogP contribution in [0.1, 0.15) is 50.8 Å². The Kier molecular flexibility index (Phi) is 4.67. The summed E-state index contributed by atoms with van der Waals surface area (Å²) in [6.07, 6.45) is 9.15. The maximum absolute atomic E-state index is 13.3.